The Morgan fingerprint density at radius 1 is 1.33 bits per heavy atom. The molecule has 0 atom stereocenters. The molecule has 5 nitrogen and oxygen atoms in total. The Morgan fingerprint density at radius 2 is 2.00 bits per heavy atom. The Hall–Kier alpha value is -1.32. The van der Waals surface area contributed by atoms with Crippen molar-refractivity contribution >= 4 is 15.7 Å². The fraction of sp³-hybridized carbons (Fsp3) is 0.500. The average molecular weight is 326 g/mol. The molecular weight excluding hydrogens is 309 g/mol. The number of nitrogens with two attached hydrogens (primary N) is 1. The molecule has 0 saturated carbocycles. The van der Waals surface area contributed by atoms with E-state index in [0.29, 0.717) is 0 Å². The average Bonchev–Trinajstić information content (AvgIpc) is 2.37. The first-order chi connectivity index (χ1) is 9.69. The number of hydrogen-bond donors (Lipinski definition) is 2. The summed E-state index contributed by atoms with van der Waals surface area (Å²) in [7, 11) is -2.21. The molecule has 0 aromatic heterocycles. The summed E-state index contributed by atoms with van der Waals surface area (Å²) in [5, 5.41) is 0. The maximum Gasteiger partial charge on any atom is 0.416 e. The van der Waals surface area contributed by atoms with Crippen molar-refractivity contribution < 1.29 is 26.3 Å². The van der Waals surface area contributed by atoms with Gasteiger partial charge in [-0.1, -0.05) is 0 Å². The van der Waals surface area contributed by atoms with Gasteiger partial charge >= 0.3 is 6.18 Å². The number of anilines is 1. The van der Waals surface area contributed by atoms with E-state index in [-0.39, 0.29) is 36.6 Å². The van der Waals surface area contributed by atoms with Gasteiger partial charge in [-0.25, -0.2) is 8.42 Å². The van der Waals surface area contributed by atoms with Crippen LogP contribution in [0.1, 0.15) is 17.5 Å². The lowest BCUT2D eigenvalue weighted by Crippen LogP contribution is -2.19. The van der Waals surface area contributed by atoms with E-state index < -0.39 is 21.8 Å². The molecular formula is C12H17F3N2O3S. The van der Waals surface area contributed by atoms with Crippen molar-refractivity contribution in [2.24, 2.45) is 5.73 Å². The van der Waals surface area contributed by atoms with Crippen molar-refractivity contribution in [3.8, 4) is 0 Å². The smallest absolute Gasteiger partial charge is 0.385 e. The van der Waals surface area contributed by atoms with Gasteiger partial charge in [-0.2, -0.15) is 13.2 Å². The van der Waals surface area contributed by atoms with Gasteiger partial charge in [-0.3, -0.25) is 4.72 Å². The van der Waals surface area contributed by atoms with Gasteiger partial charge in [0.25, 0.3) is 0 Å². The molecule has 0 bridgehead atoms. The third-order valence-corrected chi connectivity index (χ3v) is 4.04. The molecule has 21 heavy (non-hydrogen) atoms. The third kappa shape index (κ3) is 5.52. The molecule has 0 amide bonds. The topological polar surface area (TPSA) is 81.4 Å². The first kappa shape index (κ1) is 17.7. The lowest BCUT2D eigenvalue weighted by atomic mass is 10.1. The molecule has 0 aliphatic carbocycles. The van der Waals surface area contributed by atoms with Crippen LogP contribution in [0.15, 0.2) is 18.2 Å². The van der Waals surface area contributed by atoms with Crippen LogP contribution < -0.4 is 10.5 Å². The summed E-state index contributed by atoms with van der Waals surface area (Å²) in [6, 6.07) is 2.72. The SMILES string of the molecule is COCCCS(=O)(=O)Nc1ccc(C(F)(F)F)cc1CN. The molecule has 1 rings (SSSR count). The van der Waals surface area contributed by atoms with Gasteiger partial charge in [0, 0.05) is 20.3 Å². The number of methoxy groups -OCH3 is 1. The Labute approximate surface area is 121 Å². The van der Waals surface area contributed by atoms with Gasteiger partial charge in [0.15, 0.2) is 0 Å². The number of nitrogens with one attached hydrogen (secondary N) is 1. The van der Waals surface area contributed by atoms with E-state index in [4.69, 9.17) is 10.5 Å². The monoisotopic (exact) mass is 326 g/mol. The van der Waals surface area contributed by atoms with Gasteiger partial charge in [-0.05, 0) is 30.2 Å². The Balaban J connectivity index is 2.93. The van der Waals surface area contributed by atoms with Gasteiger partial charge in [0.05, 0.1) is 17.0 Å². The van der Waals surface area contributed by atoms with Crippen LogP contribution in [-0.2, 0) is 27.5 Å². The van der Waals surface area contributed by atoms with Crippen LogP contribution in [0.4, 0.5) is 18.9 Å². The van der Waals surface area contributed by atoms with Crippen molar-refractivity contribution in [2.75, 3.05) is 24.2 Å². The fourth-order valence-corrected chi connectivity index (χ4v) is 2.78. The van der Waals surface area contributed by atoms with Crippen LogP contribution in [0.2, 0.25) is 0 Å². The lowest BCUT2D eigenvalue weighted by molar-refractivity contribution is -0.137. The third-order valence-electron chi connectivity index (χ3n) is 2.68. The van der Waals surface area contributed by atoms with Crippen LogP contribution in [0.3, 0.4) is 0 Å². The van der Waals surface area contributed by atoms with Gasteiger partial charge in [0.2, 0.25) is 10.0 Å². The zero-order valence-electron chi connectivity index (χ0n) is 11.4. The van der Waals surface area contributed by atoms with Crippen molar-refractivity contribution in [1.82, 2.24) is 0 Å². The summed E-state index contributed by atoms with van der Waals surface area (Å²) in [6.07, 6.45) is -4.22. The molecule has 0 fully saturated rings. The van der Waals surface area contributed by atoms with Gasteiger partial charge < -0.3 is 10.5 Å². The second-order valence-electron chi connectivity index (χ2n) is 4.34. The van der Waals surface area contributed by atoms with Crippen molar-refractivity contribution in [3.63, 3.8) is 0 Å². The van der Waals surface area contributed by atoms with Crippen LogP contribution in [0.25, 0.3) is 0 Å². The maximum atomic E-state index is 12.6. The summed E-state index contributed by atoms with van der Waals surface area (Å²) in [4.78, 5) is 0. The van der Waals surface area contributed by atoms with E-state index in [2.05, 4.69) is 4.72 Å². The minimum absolute atomic E-state index is 0.0583. The van der Waals surface area contributed by atoms with E-state index in [1.165, 1.54) is 7.11 Å². The molecule has 0 aliphatic rings. The van der Waals surface area contributed by atoms with Crippen LogP contribution >= 0.6 is 0 Å². The molecule has 0 unspecified atom stereocenters. The Kier molecular flexibility index (Phi) is 5.99. The minimum Gasteiger partial charge on any atom is -0.385 e. The number of rotatable bonds is 7. The summed E-state index contributed by atoms with van der Waals surface area (Å²) in [5.74, 6) is -0.189. The van der Waals surface area contributed by atoms with E-state index >= 15 is 0 Å². The maximum absolute atomic E-state index is 12.6. The number of alkyl halides is 3. The number of halogens is 3. The van der Waals surface area contributed by atoms with Crippen LogP contribution in [0.5, 0.6) is 0 Å². The predicted octanol–water partition coefficient (Wildman–Crippen LogP) is 1.94. The fourth-order valence-electron chi connectivity index (χ4n) is 1.65. The number of hydrogen-bond acceptors (Lipinski definition) is 4. The number of sulfonamides is 1. The van der Waals surface area contributed by atoms with E-state index in [1.54, 1.807) is 0 Å². The van der Waals surface area contributed by atoms with E-state index in [1.807, 2.05) is 0 Å². The zero-order chi connectivity index (χ0) is 16.1. The highest BCUT2D eigenvalue weighted by atomic mass is 32.2. The highest BCUT2D eigenvalue weighted by Crippen LogP contribution is 2.32. The largest absolute Gasteiger partial charge is 0.416 e. The second kappa shape index (κ2) is 7.10. The van der Waals surface area contributed by atoms with Crippen molar-refractivity contribution in [1.29, 1.82) is 0 Å². The predicted molar refractivity (Wildman–Crippen MR) is 73.2 cm³/mol. The molecule has 0 heterocycles. The molecule has 0 radical (unpaired) electrons. The molecule has 0 spiro atoms. The van der Waals surface area contributed by atoms with Crippen molar-refractivity contribution in [3.05, 3.63) is 29.3 Å². The minimum atomic E-state index is -4.50. The lowest BCUT2D eigenvalue weighted by Gasteiger charge is -2.14. The van der Waals surface area contributed by atoms with E-state index in [9.17, 15) is 21.6 Å². The normalized spacial score (nSPS) is 12.4. The Bertz CT molecular complexity index is 574. The summed E-state index contributed by atoms with van der Waals surface area (Å²) in [6.45, 7) is 0.0670. The van der Waals surface area contributed by atoms with Gasteiger partial charge in [-0.15, -0.1) is 0 Å². The Morgan fingerprint density at radius 3 is 2.52 bits per heavy atom. The van der Waals surface area contributed by atoms with E-state index in [0.717, 1.165) is 18.2 Å². The second-order valence-corrected chi connectivity index (χ2v) is 6.18. The van der Waals surface area contributed by atoms with Crippen molar-refractivity contribution in [2.45, 2.75) is 19.1 Å². The first-order valence-electron chi connectivity index (χ1n) is 6.09. The van der Waals surface area contributed by atoms with Crippen LogP contribution in [0, 0.1) is 0 Å². The van der Waals surface area contributed by atoms with Gasteiger partial charge in [0.1, 0.15) is 0 Å². The molecule has 9 heteroatoms. The summed E-state index contributed by atoms with van der Waals surface area (Å²) < 4.78 is 68.3. The quantitative estimate of drug-likeness (QED) is 0.750. The first-order valence-corrected chi connectivity index (χ1v) is 7.74. The molecule has 1 aromatic rings. The highest BCUT2D eigenvalue weighted by molar-refractivity contribution is 7.92. The molecule has 120 valence electrons. The zero-order valence-corrected chi connectivity index (χ0v) is 12.2. The molecule has 3 N–H and O–H groups in total. The molecule has 1 aromatic carbocycles. The summed E-state index contributed by atoms with van der Waals surface area (Å²) >= 11 is 0. The standard InChI is InChI=1S/C12H17F3N2O3S/c1-20-5-2-6-21(18,19)17-11-4-3-10(12(13,14)15)7-9(11)8-16/h3-4,7,17H,2,5-6,8,16H2,1H3. The molecule has 0 saturated heterocycles. The highest BCUT2D eigenvalue weighted by Gasteiger charge is 2.31. The summed E-state index contributed by atoms with van der Waals surface area (Å²) in [5.41, 5.74) is 4.65. The molecule has 0 aliphatic heterocycles. The number of ether oxygens (including phenoxy) is 1. The van der Waals surface area contributed by atoms with Crippen LogP contribution in [-0.4, -0.2) is 27.9 Å². The number of benzene rings is 1.